The van der Waals surface area contributed by atoms with Crippen LogP contribution >= 0.6 is 0 Å². The molecule has 1 aliphatic rings. The van der Waals surface area contributed by atoms with Crippen LogP contribution in [0.1, 0.15) is 22.6 Å². The van der Waals surface area contributed by atoms with Crippen LogP contribution in [0.4, 0.5) is 0 Å². The summed E-state index contributed by atoms with van der Waals surface area (Å²) in [6.07, 6.45) is 0. The molecule has 0 bridgehead atoms. The largest absolute Gasteiger partial charge is 0.0622 e. The minimum Gasteiger partial charge on any atom is -0.0622 e. The lowest BCUT2D eigenvalue weighted by atomic mass is 9.88. The molecular weight excluding hydrogens is 637 g/mol. The van der Waals surface area contributed by atoms with Crippen molar-refractivity contribution >= 4 is 10.8 Å². The molecule has 0 unspecified atom stereocenters. The summed E-state index contributed by atoms with van der Waals surface area (Å²) in [7, 11) is 0. The first kappa shape index (κ1) is 31.0. The predicted molar refractivity (Wildman–Crippen MR) is 224 cm³/mol. The Morgan fingerprint density at radius 2 is 0.585 bits per heavy atom. The first-order valence-electron chi connectivity index (χ1n) is 18.4. The van der Waals surface area contributed by atoms with Crippen LogP contribution in [0.3, 0.4) is 0 Å². The van der Waals surface area contributed by atoms with Gasteiger partial charge in [0.15, 0.2) is 0 Å². The number of fused-ring (bicyclic) bond motifs is 4. The summed E-state index contributed by atoms with van der Waals surface area (Å²) in [5.41, 5.74) is 19.0. The van der Waals surface area contributed by atoms with E-state index in [1.807, 2.05) is 0 Å². The van der Waals surface area contributed by atoms with E-state index in [1.54, 1.807) is 0 Å². The predicted octanol–water partition coefficient (Wildman–Crippen LogP) is 14.3. The molecule has 0 aromatic heterocycles. The zero-order chi connectivity index (χ0) is 35.1. The first-order valence-corrected chi connectivity index (χ1v) is 18.4. The molecule has 0 saturated heterocycles. The maximum absolute atomic E-state index is 2.33. The van der Waals surface area contributed by atoms with Gasteiger partial charge in [0, 0.05) is 5.92 Å². The van der Waals surface area contributed by atoms with Crippen LogP contribution in [0.5, 0.6) is 0 Å². The Balaban J connectivity index is 0.953. The highest BCUT2D eigenvalue weighted by molar-refractivity contribution is 5.92. The van der Waals surface area contributed by atoms with E-state index in [2.05, 4.69) is 212 Å². The third-order valence-electron chi connectivity index (χ3n) is 10.9. The quantitative estimate of drug-likeness (QED) is 0.165. The van der Waals surface area contributed by atoms with Crippen molar-refractivity contribution in [1.82, 2.24) is 0 Å². The SMILES string of the molecule is c1ccc(-c2cc(-c3ccccc3)cc(-c3cccc(-c4ccc5cc(-c6ccc(C7c8ccccc8-c8ccccc87)cc6)ccc5c4)c3)c2)cc1. The molecule has 9 aromatic rings. The maximum atomic E-state index is 2.33. The van der Waals surface area contributed by atoms with Crippen LogP contribution in [-0.2, 0) is 0 Å². The molecule has 0 spiro atoms. The lowest BCUT2D eigenvalue weighted by molar-refractivity contribution is 1.02. The van der Waals surface area contributed by atoms with Crippen LogP contribution in [0.15, 0.2) is 212 Å². The molecule has 0 atom stereocenters. The van der Waals surface area contributed by atoms with Gasteiger partial charge in [-0.25, -0.2) is 0 Å². The van der Waals surface area contributed by atoms with Crippen molar-refractivity contribution in [3.05, 3.63) is 229 Å². The normalized spacial score (nSPS) is 12.1. The highest BCUT2D eigenvalue weighted by Gasteiger charge is 2.29. The Bertz CT molecular complexity index is 2650. The van der Waals surface area contributed by atoms with Crippen molar-refractivity contribution in [3.63, 3.8) is 0 Å². The fraction of sp³-hybridized carbons (Fsp3) is 0.0189. The van der Waals surface area contributed by atoms with Gasteiger partial charge in [-0.1, -0.05) is 176 Å². The second-order valence-electron chi connectivity index (χ2n) is 14.1. The highest BCUT2D eigenvalue weighted by Crippen LogP contribution is 2.48. The fourth-order valence-electron chi connectivity index (χ4n) is 8.25. The molecule has 0 fully saturated rings. The summed E-state index contributed by atoms with van der Waals surface area (Å²) >= 11 is 0. The molecule has 10 rings (SSSR count). The fourth-order valence-corrected chi connectivity index (χ4v) is 8.25. The number of benzene rings is 9. The van der Waals surface area contributed by atoms with Gasteiger partial charge >= 0.3 is 0 Å². The Morgan fingerprint density at radius 1 is 0.226 bits per heavy atom. The molecule has 0 amide bonds. The van der Waals surface area contributed by atoms with Crippen molar-refractivity contribution in [2.24, 2.45) is 0 Å². The van der Waals surface area contributed by atoms with Gasteiger partial charge in [-0.15, -0.1) is 0 Å². The van der Waals surface area contributed by atoms with Gasteiger partial charge in [-0.2, -0.15) is 0 Å². The van der Waals surface area contributed by atoms with E-state index in [0.29, 0.717) is 0 Å². The van der Waals surface area contributed by atoms with Crippen molar-refractivity contribution < 1.29 is 0 Å². The van der Waals surface area contributed by atoms with E-state index in [-0.39, 0.29) is 5.92 Å². The molecule has 9 aromatic carbocycles. The Labute approximate surface area is 311 Å². The van der Waals surface area contributed by atoms with Gasteiger partial charge in [0.2, 0.25) is 0 Å². The van der Waals surface area contributed by atoms with Crippen LogP contribution in [-0.4, -0.2) is 0 Å². The minimum atomic E-state index is 0.267. The summed E-state index contributed by atoms with van der Waals surface area (Å²) in [6.45, 7) is 0. The molecule has 0 nitrogen and oxygen atoms in total. The summed E-state index contributed by atoms with van der Waals surface area (Å²) in [5.74, 6) is 0.267. The van der Waals surface area contributed by atoms with Crippen molar-refractivity contribution in [2.45, 2.75) is 5.92 Å². The zero-order valence-corrected chi connectivity index (χ0v) is 29.3. The third kappa shape index (κ3) is 5.75. The molecule has 0 heterocycles. The van der Waals surface area contributed by atoms with Gasteiger partial charge in [-0.05, 0) is 131 Å². The second-order valence-corrected chi connectivity index (χ2v) is 14.1. The molecule has 0 radical (unpaired) electrons. The second kappa shape index (κ2) is 13.1. The number of rotatable bonds is 6. The van der Waals surface area contributed by atoms with Gasteiger partial charge < -0.3 is 0 Å². The van der Waals surface area contributed by atoms with E-state index in [0.717, 1.165) is 0 Å². The molecule has 0 N–H and O–H groups in total. The van der Waals surface area contributed by atoms with Crippen LogP contribution in [0.25, 0.3) is 77.5 Å². The number of hydrogen-bond acceptors (Lipinski definition) is 0. The lowest BCUT2D eigenvalue weighted by Crippen LogP contribution is -1.98. The number of hydrogen-bond donors (Lipinski definition) is 0. The van der Waals surface area contributed by atoms with E-state index in [1.165, 1.54) is 94.2 Å². The molecule has 0 aliphatic heterocycles. The van der Waals surface area contributed by atoms with Gasteiger partial charge in [0.1, 0.15) is 0 Å². The Hall–Kier alpha value is -6.76. The van der Waals surface area contributed by atoms with E-state index >= 15 is 0 Å². The average Bonchev–Trinajstić information content (AvgIpc) is 3.58. The standard InChI is InChI=1S/C53H36/c1-3-12-36(13-4-1)46-33-47(37-14-5-2-6-15-37)35-48(34-46)41-17-11-16-40(30-41)43-28-29-44-31-42(26-27-45(44)32-43)38-22-24-39(25-23-38)53-51-20-9-7-18-49(51)50-19-8-10-21-52(50)53/h1-35,53H. The summed E-state index contributed by atoms with van der Waals surface area (Å²) in [6, 6.07) is 77.9. The molecule has 248 valence electrons. The van der Waals surface area contributed by atoms with Crippen LogP contribution in [0, 0.1) is 0 Å². The monoisotopic (exact) mass is 672 g/mol. The molecule has 1 aliphatic carbocycles. The van der Waals surface area contributed by atoms with Crippen molar-refractivity contribution in [3.8, 4) is 66.8 Å². The van der Waals surface area contributed by atoms with E-state index in [9.17, 15) is 0 Å². The smallest absolute Gasteiger partial charge is 0.0352 e. The lowest BCUT2D eigenvalue weighted by Gasteiger charge is -2.15. The minimum absolute atomic E-state index is 0.267. The zero-order valence-electron chi connectivity index (χ0n) is 29.3. The average molecular weight is 673 g/mol. The van der Waals surface area contributed by atoms with Gasteiger partial charge in [0.25, 0.3) is 0 Å². The molecule has 0 saturated carbocycles. The van der Waals surface area contributed by atoms with Gasteiger partial charge in [0.05, 0.1) is 0 Å². The molecule has 0 heteroatoms. The van der Waals surface area contributed by atoms with Crippen LogP contribution < -0.4 is 0 Å². The molecule has 53 heavy (non-hydrogen) atoms. The van der Waals surface area contributed by atoms with E-state index in [4.69, 9.17) is 0 Å². The maximum Gasteiger partial charge on any atom is 0.0352 e. The van der Waals surface area contributed by atoms with E-state index < -0.39 is 0 Å². The Morgan fingerprint density at radius 3 is 1.13 bits per heavy atom. The van der Waals surface area contributed by atoms with Crippen molar-refractivity contribution in [2.75, 3.05) is 0 Å². The summed E-state index contributed by atoms with van der Waals surface area (Å²) < 4.78 is 0. The van der Waals surface area contributed by atoms with Crippen LogP contribution in [0.2, 0.25) is 0 Å². The van der Waals surface area contributed by atoms with Gasteiger partial charge in [-0.3, -0.25) is 0 Å². The highest BCUT2D eigenvalue weighted by atomic mass is 14.3. The first-order chi connectivity index (χ1) is 26.2. The Kier molecular flexibility index (Phi) is 7.66. The topological polar surface area (TPSA) is 0 Å². The molecular formula is C53H36. The van der Waals surface area contributed by atoms with Crippen molar-refractivity contribution in [1.29, 1.82) is 0 Å². The summed E-state index contributed by atoms with van der Waals surface area (Å²) in [5, 5.41) is 2.48. The third-order valence-corrected chi connectivity index (χ3v) is 10.9. The summed E-state index contributed by atoms with van der Waals surface area (Å²) in [4.78, 5) is 0.